The van der Waals surface area contributed by atoms with Crippen LogP contribution in [0.2, 0.25) is 0 Å². The molecule has 2 nitrogen and oxygen atoms in total. The SMILES string of the molecule is CC(C)c1ccc(Nc2cccc3oc4ccccc4c23)cc1. The van der Waals surface area contributed by atoms with Crippen LogP contribution in [0.5, 0.6) is 0 Å². The third-order valence-electron chi connectivity index (χ3n) is 4.26. The third-order valence-corrected chi connectivity index (χ3v) is 4.26. The van der Waals surface area contributed by atoms with Gasteiger partial charge in [0.25, 0.3) is 0 Å². The Labute approximate surface area is 135 Å². The second kappa shape index (κ2) is 5.47. The molecule has 0 spiro atoms. The van der Waals surface area contributed by atoms with Gasteiger partial charge in [0, 0.05) is 11.1 Å². The summed E-state index contributed by atoms with van der Waals surface area (Å²) in [5.41, 5.74) is 5.35. The van der Waals surface area contributed by atoms with E-state index < -0.39 is 0 Å². The van der Waals surface area contributed by atoms with Crippen molar-refractivity contribution < 1.29 is 4.42 Å². The van der Waals surface area contributed by atoms with E-state index in [-0.39, 0.29) is 0 Å². The van der Waals surface area contributed by atoms with Crippen LogP contribution in [-0.2, 0) is 0 Å². The van der Waals surface area contributed by atoms with E-state index in [4.69, 9.17) is 4.42 Å². The summed E-state index contributed by atoms with van der Waals surface area (Å²) < 4.78 is 5.94. The Kier molecular flexibility index (Phi) is 3.30. The molecule has 0 fully saturated rings. The number of para-hydroxylation sites is 1. The summed E-state index contributed by atoms with van der Waals surface area (Å²) in [5, 5.41) is 5.81. The number of rotatable bonds is 3. The van der Waals surface area contributed by atoms with Crippen molar-refractivity contribution in [1.82, 2.24) is 0 Å². The van der Waals surface area contributed by atoms with Crippen LogP contribution in [0.25, 0.3) is 21.9 Å². The maximum absolute atomic E-state index is 5.94. The molecule has 0 aliphatic heterocycles. The molecule has 3 aromatic carbocycles. The molecule has 1 N–H and O–H groups in total. The summed E-state index contributed by atoms with van der Waals surface area (Å²) in [6.45, 7) is 4.42. The number of hydrogen-bond acceptors (Lipinski definition) is 2. The minimum atomic E-state index is 0.547. The van der Waals surface area contributed by atoms with Crippen molar-refractivity contribution in [1.29, 1.82) is 0 Å². The van der Waals surface area contributed by atoms with Crippen LogP contribution in [0.4, 0.5) is 11.4 Å². The molecule has 0 amide bonds. The molecule has 0 saturated heterocycles. The van der Waals surface area contributed by atoms with Crippen molar-refractivity contribution in [2.24, 2.45) is 0 Å². The highest BCUT2D eigenvalue weighted by Crippen LogP contribution is 2.35. The summed E-state index contributed by atoms with van der Waals surface area (Å²) in [6.07, 6.45) is 0. The monoisotopic (exact) mass is 301 g/mol. The third kappa shape index (κ3) is 2.46. The Morgan fingerprint density at radius 1 is 0.783 bits per heavy atom. The van der Waals surface area contributed by atoms with Crippen LogP contribution in [0.3, 0.4) is 0 Å². The number of fused-ring (bicyclic) bond motifs is 3. The van der Waals surface area contributed by atoms with Gasteiger partial charge in [0.15, 0.2) is 0 Å². The summed E-state index contributed by atoms with van der Waals surface area (Å²) in [5.74, 6) is 0.547. The van der Waals surface area contributed by atoms with E-state index in [0.717, 1.165) is 33.3 Å². The molecule has 0 aliphatic carbocycles. The first-order valence-electron chi connectivity index (χ1n) is 7.99. The zero-order valence-electron chi connectivity index (χ0n) is 13.3. The average molecular weight is 301 g/mol. The molecule has 1 aromatic heterocycles. The van der Waals surface area contributed by atoms with E-state index in [2.05, 4.69) is 55.6 Å². The van der Waals surface area contributed by atoms with Gasteiger partial charge in [-0.15, -0.1) is 0 Å². The highest BCUT2D eigenvalue weighted by atomic mass is 16.3. The predicted molar refractivity (Wildman–Crippen MR) is 97.5 cm³/mol. The van der Waals surface area contributed by atoms with E-state index in [0.29, 0.717) is 5.92 Å². The zero-order valence-corrected chi connectivity index (χ0v) is 13.3. The van der Waals surface area contributed by atoms with Crippen molar-refractivity contribution >= 4 is 33.3 Å². The van der Waals surface area contributed by atoms with Crippen LogP contribution >= 0.6 is 0 Å². The normalized spacial score (nSPS) is 11.4. The van der Waals surface area contributed by atoms with Gasteiger partial charge >= 0.3 is 0 Å². The highest BCUT2D eigenvalue weighted by molar-refractivity contribution is 6.11. The summed E-state index contributed by atoms with van der Waals surface area (Å²) >= 11 is 0. The average Bonchev–Trinajstić information content (AvgIpc) is 2.95. The summed E-state index contributed by atoms with van der Waals surface area (Å²) in [4.78, 5) is 0. The van der Waals surface area contributed by atoms with Crippen molar-refractivity contribution in [3.05, 3.63) is 72.3 Å². The first-order valence-corrected chi connectivity index (χ1v) is 7.99. The fourth-order valence-corrected chi connectivity index (χ4v) is 2.99. The van der Waals surface area contributed by atoms with E-state index in [1.165, 1.54) is 5.56 Å². The van der Waals surface area contributed by atoms with Gasteiger partial charge in [-0.05, 0) is 41.8 Å². The highest BCUT2D eigenvalue weighted by Gasteiger charge is 2.10. The van der Waals surface area contributed by atoms with E-state index in [1.807, 2.05) is 30.3 Å². The van der Waals surface area contributed by atoms with E-state index in [9.17, 15) is 0 Å². The number of nitrogens with one attached hydrogen (secondary N) is 1. The number of furan rings is 1. The molecule has 2 heteroatoms. The van der Waals surface area contributed by atoms with Crippen LogP contribution in [0.15, 0.2) is 71.1 Å². The lowest BCUT2D eigenvalue weighted by atomic mass is 10.0. The van der Waals surface area contributed by atoms with Crippen LogP contribution in [-0.4, -0.2) is 0 Å². The van der Waals surface area contributed by atoms with Crippen molar-refractivity contribution in [2.45, 2.75) is 19.8 Å². The molecule has 0 bridgehead atoms. The quantitative estimate of drug-likeness (QED) is 0.470. The second-order valence-corrected chi connectivity index (χ2v) is 6.18. The van der Waals surface area contributed by atoms with Crippen molar-refractivity contribution in [2.75, 3.05) is 5.32 Å². The standard InChI is InChI=1S/C21H19NO/c1-14(2)15-10-12-16(13-11-15)22-18-7-5-9-20-21(18)17-6-3-4-8-19(17)23-20/h3-14,22H,1-2H3. The van der Waals surface area contributed by atoms with Crippen LogP contribution < -0.4 is 5.32 Å². The first-order chi connectivity index (χ1) is 11.2. The second-order valence-electron chi connectivity index (χ2n) is 6.18. The molecule has 0 radical (unpaired) electrons. The number of anilines is 2. The van der Waals surface area contributed by atoms with Crippen molar-refractivity contribution in [3.8, 4) is 0 Å². The van der Waals surface area contributed by atoms with Gasteiger partial charge < -0.3 is 9.73 Å². The van der Waals surface area contributed by atoms with Gasteiger partial charge in [-0.25, -0.2) is 0 Å². The number of benzene rings is 3. The molecule has 4 aromatic rings. The molecule has 0 unspecified atom stereocenters. The van der Waals surface area contributed by atoms with Gasteiger partial charge in [0.05, 0.1) is 11.1 Å². The molecule has 0 atom stereocenters. The molecule has 0 aliphatic rings. The Morgan fingerprint density at radius 2 is 1.52 bits per heavy atom. The van der Waals surface area contributed by atoms with Gasteiger partial charge in [-0.2, -0.15) is 0 Å². The van der Waals surface area contributed by atoms with Crippen LogP contribution in [0.1, 0.15) is 25.3 Å². The van der Waals surface area contributed by atoms with Gasteiger partial charge in [0.2, 0.25) is 0 Å². The molecule has 1 heterocycles. The molecule has 23 heavy (non-hydrogen) atoms. The van der Waals surface area contributed by atoms with Gasteiger partial charge in [0.1, 0.15) is 11.2 Å². The summed E-state index contributed by atoms with van der Waals surface area (Å²) in [7, 11) is 0. The predicted octanol–water partition coefficient (Wildman–Crippen LogP) is 6.45. The molecular weight excluding hydrogens is 282 g/mol. The molecule has 114 valence electrons. The minimum Gasteiger partial charge on any atom is -0.456 e. The van der Waals surface area contributed by atoms with E-state index >= 15 is 0 Å². The maximum atomic E-state index is 5.94. The zero-order chi connectivity index (χ0) is 15.8. The van der Waals surface area contributed by atoms with Gasteiger partial charge in [-0.3, -0.25) is 0 Å². The maximum Gasteiger partial charge on any atom is 0.137 e. The van der Waals surface area contributed by atoms with E-state index in [1.54, 1.807) is 0 Å². The van der Waals surface area contributed by atoms with Crippen molar-refractivity contribution in [3.63, 3.8) is 0 Å². The lowest BCUT2D eigenvalue weighted by Crippen LogP contribution is -1.92. The fraction of sp³-hybridized carbons (Fsp3) is 0.143. The molecule has 0 saturated carbocycles. The summed E-state index contributed by atoms with van der Waals surface area (Å²) in [6, 6.07) is 22.9. The topological polar surface area (TPSA) is 25.2 Å². The Bertz CT molecular complexity index is 964. The number of hydrogen-bond donors (Lipinski definition) is 1. The van der Waals surface area contributed by atoms with Crippen LogP contribution in [0, 0.1) is 0 Å². The minimum absolute atomic E-state index is 0.547. The lowest BCUT2D eigenvalue weighted by Gasteiger charge is -2.10. The lowest BCUT2D eigenvalue weighted by molar-refractivity contribution is 0.669. The fourth-order valence-electron chi connectivity index (χ4n) is 2.99. The largest absolute Gasteiger partial charge is 0.456 e. The Hall–Kier alpha value is -2.74. The Morgan fingerprint density at radius 3 is 2.30 bits per heavy atom. The first kappa shape index (κ1) is 13.9. The smallest absolute Gasteiger partial charge is 0.137 e. The van der Waals surface area contributed by atoms with Gasteiger partial charge in [-0.1, -0.05) is 50.2 Å². The molecular formula is C21H19NO. The Balaban J connectivity index is 1.79. The molecule has 4 rings (SSSR count).